The van der Waals surface area contributed by atoms with E-state index in [-0.39, 0.29) is 5.43 Å². The number of methoxy groups -OCH3 is 1. The molecule has 0 saturated heterocycles. The van der Waals surface area contributed by atoms with Crippen molar-refractivity contribution in [3.8, 4) is 22.7 Å². The van der Waals surface area contributed by atoms with Crippen molar-refractivity contribution in [3.05, 3.63) is 95.2 Å². The van der Waals surface area contributed by atoms with Gasteiger partial charge in [-0.05, 0) is 42.0 Å². The van der Waals surface area contributed by atoms with Crippen LogP contribution in [0.15, 0.2) is 89.7 Å². The molecule has 0 N–H and O–H groups in total. The van der Waals surface area contributed by atoms with Gasteiger partial charge in [0, 0.05) is 17.1 Å². The Morgan fingerprint density at radius 1 is 0.800 bits per heavy atom. The van der Waals surface area contributed by atoms with Gasteiger partial charge in [-0.15, -0.1) is 0 Å². The summed E-state index contributed by atoms with van der Waals surface area (Å²) in [5.74, 6) is 0.801. The molecule has 0 unspecified atom stereocenters. The Hall–Kier alpha value is -3.33. The van der Waals surface area contributed by atoms with Crippen LogP contribution in [0.25, 0.3) is 27.8 Å². The maximum Gasteiger partial charge on any atom is 0.190 e. The average Bonchev–Trinajstić information content (AvgIpc) is 2.69. The molecule has 0 aliphatic carbocycles. The molecule has 0 amide bonds. The number of benzene rings is 3. The summed E-state index contributed by atoms with van der Waals surface area (Å²) >= 11 is 0. The van der Waals surface area contributed by atoms with Crippen LogP contribution in [-0.2, 0) is 0 Å². The number of para-hydroxylation sites is 1. The van der Waals surface area contributed by atoms with Crippen LogP contribution >= 0.6 is 0 Å². The van der Waals surface area contributed by atoms with Crippen LogP contribution in [-0.4, -0.2) is 11.7 Å². The van der Waals surface area contributed by atoms with Gasteiger partial charge >= 0.3 is 0 Å². The summed E-state index contributed by atoms with van der Waals surface area (Å²) in [5.41, 5.74) is 3.77. The molecule has 25 heavy (non-hydrogen) atoms. The maximum atomic E-state index is 12.6. The fourth-order valence-corrected chi connectivity index (χ4v) is 3.10. The number of pyridine rings is 1. The molecule has 4 rings (SSSR count). The quantitative estimate of drug-likeness (QED) is 0.548. The summed E-state index contributed by atoms with van der Waals surface area (Å²) in [5, 5.41) is 0.706. The molecule has 0 aliphatic rings. The maximum absolute atomic E-state index is 12.6. The van der Waals surface area contributed by atoms with Crippen molar-refractivity contribution in [1.29, 1.82) is 0 Å². The van der Waals surface area contributed by atoms with Crippen LogP contribution in [0.3, 0.4) is 0 Å². The van der Waals surface area contributed by atoms with E-state index >= 15 is 0 Å². The topological polar surface area (TPSA) is 31.2 Å². The summed E-state index contributed by atoms with van der Waals surface area (Å²) in [4.78, 5) is 12.6. The van der Waals surface area contributed by atoms with E-state index in [9.17, 15) is 4.79 Å². The van der Waals surface area contributed by atoms with Gasteiger partial charge in [0.1, 0.15) is 5.75 Å². The van der Waals surface area contributed by atoms with Crippen molar-refractivity contribution in [1.82, 2.24) is 4.57 Å². The van der Waals surface area contributed by atoms with E-state index in [4.69, 9.17) is 4.74 Å². The predicted octanol–water partition coefficient (Wildman–Crippen LogP) is 4.67. The zero-order chi connectivity index (χ0) is 17.2. The van der Waals surface area contributed by atoms with Crippen molar-refractivity contribution in [2.45, 2.75) is 0 Å². The van der Waals surface area contributed by atoms with E-state index in [2.05, 4.69) is 4.57 Å². The zero-order valence-corrected chi connectivity index (χ0v) is 13.8. The highest BCUT2D eigenvalue weighted by molar-refractivity contribution is 5.84. The van der Waals surface area contributed by atoms with E-state index in [1.807, 2.05) is 78.9 Å². The second-order valence-electron chi connectivity index (χ2n) is 5.81. The fourth-order valence-electron chi connectivity index (χ4n) is 3.10. The van der Waals surface area contributed by atoms with Gasteiger partial charge in [0.05, 0.1) is 18.3 Å². The van der Waals surface area contributed by atoms with E-state index in [1.54, 1.807) is 13.2 Å². The molecule has 0 radical (unpaired) electrons. The first-order valence-corrected chi connectivity index (χ1v) is 8.12. The van der Waals surface area contributed by atoms with Crippen LogP contribution in [0, 0.1) is 0 Å². The normalized spacial score (nSPS) is 10.8. The molecule has 1 aromatic heterocycles. The van der Waals surface area contributed by atoms with Gasteiger partial charge in [-0.3, -0.25) is 4.79 Å². The van der Waals surface area contributed by atoms with Gasteiger partial charge in [-0.1, -0.05) is 42.5 Å². The molecule has 1 heterocycles. The number of rotatable bonds is 3. The number of hydrogen-bond acceptors (Lipinski definition) is 2. The second kappa shape index (κ2) is 6.29. The summed E-state index contributed by atoms with van der Waals surface area (Å²) in [6, 6.07) is 27.2. The lowest BCUT2D eigenvalue weighted by Crippen LogP contribution is -2.10. The standard InChI is InChI=1S/C22H17NO2/c1-25-18-13-11-17(12-14-18)23-20-10-6-5-9-19(20)22(24)15-21(23)16-7-3-2-4-8-16/h2-15H,1H3. The summed E-state index contributed by atoms with van der Waals surface area (Å²) in [7, 11) is 1.65. The van der Waals surface area contributed by atoms with Crippen LogP contribution in [0.4, 0.5) is 0 Å². The molecule has 0 fully saturated rings. The van der Waals surface area contributed by atoms with Crippen molar-refractivity contribution in [2.75, 3.05) is 7.11 Å². The monoisotopic (exact) mass is 327 g/mol. The van der Waals surface area contributed by atoms with Crippen LogP contribution in [0.1, 0.15) is 0 Å². The highest BCUT2D eigenvalue weighted by Crippen LogP contribution is 2.27. The van der Waals surface area contributed by atoms with Gasteiger partial charge in [0.2, 0.25) is 0 Å². The number of hydrogen-bond donors (Lipinski definition) is 0. The number of nitrogens with zero attached hydrogens (tertiary/aromatic N) is 1. The lowest BCUT2D eigenvalue weighted by atomic mass is 10.1. The third kappa shape index (κ3) is 2.70. The minimum absolute atomic E-state index is 0.0271. The van der Waals surface area contributed by atoms with Crippen molar-refractivity contribution in [2.24, 2.45) is 0 Å². The molecular weight excluding hydrogens is 310 g/mol. The minimum Gasteiger partial charge on any atom is -0.497 e. The third-order valence-electron chi connectivity index (χ3n) is 4.32. The average molecular weight is 327 g/mol. The number of ether oxygens (including phenoxy) is 1. The van der Waals surface area contributed by atoms with E-state index in [0.717, 1.165) is 28.2 Å². The zero-order valence-electron chi connectivity index (χ0n) is 13.8. The molecule has 4 aromatic rings. The van der Waals surface area contributed by atoms with Gasteiger partial charge in [0.25, 0.3) is 0 Å². The lowest BCUT2D eigenvalue weighted by Gasteiger charge is -2.17. The Morgan fingerprint density at radius 3 is 2.20 bits per heavy atom. The lowest BCUT2D eigenvalue weighted by molar-refractivity contribution is 0.415. The molecule has 0 bridgehead atoms. The predicted molar refractivity (Wildman–Crippen MR) is 102 cm³/mol. The number of aromatic nitrogens is 1. The first kappa shape index (κ1) is 15.2. The molecule has 3 nitrogen and oxygen atoms in total. The van der Waals surface area contributed by atoms with E-state index in [0.29, 0.717) is 5.39 Å². The number of fused-ring (bicyclic) bond motifs is 1. The molecule has 0 spiro atoms. The molecule has 3 aromatic carbocycles. The van der Waals surface area contributed by atoms with E-state index < -0.39 is 0 Å². The Bertz CT molecular complexity index is 1080. The Labute approximate surface area is 145 Å². The Balaban J connectivity index is 2.08. The van der Waals surface area contributed by atoms with Gasteiger partial charge < -0.3 is 9.30 Å². The van der Waals surface area contributed by atoms with Crippen molar-refractivity contribution >= 4 is 10.9 Å². The van der Waals surface area contributed by atoms with E-state index in [1.165, 1.54) is 0 Å². The Morgan fingerprint density at radius 2 is 1.48 bits per heavy atom. The second-order valence-corrected chi connectivity index (χ2v) is 5.81. The highest BCUT2D eigenvalue weighted by atomic mass is 16.5. The minimum atomic E-state index is 0.0271. The summed E-state index contributed by atoms with van der Waals surface area (Å²) in [6.07, 6.45) is 0. The molecule has 0 atom stereocenters. The molecule has 0 aliphatic heterocycles. The smallest absolute Gasteiger partial charge is 0.190 e. The largest absolute Gasteiger partial charge is 0.497 e. The van der Waals surface area contributed by atoms with Crippen molar-refractivity contribution in [3.63, 3.8) is 0 Å². The Kier molecular flexibility index (Phi) is 3.82. The molecular formula is C22H17NO2. The van der Waals surface area contributed by atoms with Crippen LogP contribution in [0.5, 0.6) is 5.75 Å². The first-order valence-electron chi connectivity index (χ1n) is 8.12. The first-order chi connectivity index (χ1) is 12.3. The van der Waals surface area contributed by atoms with Gasteiger partial charge in [-0.2, -0.15) is 0 Å². The summed E-state index contributed by atoms with van der Waals surface area (Å²) < 4.78 is 7.38. The van der Waals surface area contributed by atoms with Gasteiger partial charge in [-0.25, -0.2) is 0 Å². The van der Waals surface area contributed by atoms with Gasteiger partial charge in [0.15, 0.2) is 5.43 Å². The third-order valence-corrected chi connectivity index (χ3v) is 4.32. The summed E-state index contributed by atoms with van der Waals surface area (Å²) in [6.45, 7) is 0. The van der Waals surface area contributed by atoms with Crippen LogP contribution < -0.4 is 10.2 Å². The molecule has 0 saturated carbocycles. The highest BCUT2D eigenvalue weighted by Gasteiger charge is 2.12. The van der Waals surface area contributed by atoms with Crippen LogP contribution in [0.2, 0.25) is 0 Å². The SMILES string of the molecule is COc1ccc(-n2c(-c3ccccc3)cc(=O)c3ccccc32)cc1. The fraction of sp³-hybridized carbons (Fsp3) is 0.0455. The molecule has 122 valence electrons. The molecule has 3 heteroatoms. The van der Waals surface area contributed by atoms with Crippen molar-refractivity contribution < 1.29 is 4.74 Å².